The van der Waals surface area contributed by atoms with Gasteiger partial charge in [0.05, 0.1) is 12.2 Å². The number of hydrogen-bond donors (Lipinski definition) is 1. The Bertz CT molecular complexity index is 212. The van der Waals surface area contributed by atoms with Gasteiger partial charge in [-0.2, -0.15) is 5.26 Å². The first-order chi connectivity index (χ1) is 7.58. The lowest BCUT2D eigenvalue weighted by Crippen LogP contribution is -2.41. The summed E-state index contributed by atoms with van der Waals surface area (Å²) in [5.41, 5.74) is -0.469. The van der Waals surface area contributed by atoms with Crippen molar-refractivity contribution in [2.45, 2.75) is 64.5 Å². The molecule has 0 aliphatic rings. The molecule has 0 aliphatic carbocycles. The molecule has 0 aromatic rings. The summed E-state index contributed by atoms with van der Waals surface area (Å²) in [6.07, 6.45) is 5.77. The van der Waals surface area contributed by atoms with Gasteiger partial charge in [-0.25, -0.2) is 0 Å². The molecule has 2 unspecified atom stereocenters. The summed E-state index contributed by atoms with van der Waals surface area (Å²) < 4.78 is 5.70. The molecule has 0 aliphatic heterocycles. The van der Waals surface area contributed by atoms with Gasteiger partial charge >= 0.3 is 0 Å². The number of ether oxygens (including phenoxy) is 1. The van der Waals surface area contributed by atoms with Crippen LogP contribution in [0.2, 0.25) is 0 Å². The minimum absolute atomic E-state index is 0.138. The maximum atomic E-state index is 9.01. The Labute approximate surface area is 100 Å². The molecule has 0 heterocycles. The topological polar surface area (TPSA) is 45.0 Å². The summed E-state index contributed by atoms with van der Waals surface area (Å²) in [5, 5.41) is 12.0. The molecule has 2 atom stereocenters. The first-order valence-electron chi connectivity index (χ1n) is 6.29. The van der Waals surface area contributed by atoms with Crippen molar-refractivity contribution in [1.82, 2.24) is 5.32 Å². The van der Waals surface area contributed by atoms with Crippen LogP contribution in [0, 0.1) is 11.3 Å². The monoisotopic (exact) mass is 226 g/mol. The Morgan fingerprint density at radius 1 is 1.38 bits per heavy atom. The highest BCUT2D eigenvalue weighted by Gasteiger charge is 2.24. The maximum absolute atomic E-state index is 9.01. The molecule has 0 spiro atoms. The second kappa shape index (κ2) is 8.55. The smallest absolute Gasteiger partial charge is 0.106 e. The first-order valence-corrected chi connectivity index (χ1v) is 6.29. The van der Waals surface area contributed by atoms with Gasteiger partial charge < -0.3 is 10.1 Å². The lowest BCUT2D eigenvalue weighted by molar-refractivity contribution is 0.0460. The van der Waals surface area contributed by atoms with Gasteiger partial charge in [0.15, 0.2) is 0 Å². The Morgan fingerprint density at radius 2 is 2.06 bits per heavy atom. The van der Waals surface area contributed by atoms with E-state index in [0.717, 1.165) is 19.4 Å². The molecule has 0 aromatic carbocycles. The van der Waals surface area contributed by atoms with Crippen molar-refractivity contribution < 1.29 is 4.74 Å². The molecule has 3 nitrogen and oxygen atoms in total. The molecule has 0 rings (SSSR count). The van der Waals surface area contributed by atoms with Crippen molar-refractivity contribution >= 4 is 0 Å². The second-order valence-corrected chi connectivity index (χ2v) is 4.64. The summed E-state index contributed by atoms with van der Waals surface area (Å²) in [6.45, 7) is 6.96. The van der Waals surface area contributed by atoms with Gasteiger partial charge in [0.25, 0.3) is 0 Å². The Morgan fingerprint density at radius 3 is 2.56 bits per heavy atom. The van der Waals surface area contributed by atoms with Crippen molar-refractivity contribution in [3.63, 3.8) is 0 Å². The fourth-order valence-electron chi connectivity index (χ4n) is 1.65. The fraction of sp³-hybridized carbons (Fsp3) is 0.923. The van der Waals surface area contributed by atoms with E-state index in [-0.39, 0.29) is 6.10 Å². The first kappa shape index (κ1) is 15.4. The summed E-state index contributed by atoms with van der Waals surface area (Å²) in [4.78, 5) is 0. The number of nitrogens with zero attached hydrogens (tertiary/aromatic N) is 1. The molecule has 0 bridgehead atoms. The van der Waals surface area contributed by atoms with Gasteiger partial charge in [-0.3, -0.25) is 0 Å². The SMILES string of the molecule is CCCCCCOC(C)CC(C)(C#N)NC. The van der Waals surface area contributed by atoms with Crippen molar-refractivity contribution in [2.24, 2.45) is 0 Å². The zero-order chi connectivity index (χ0) is 12.4. The molecule has 16 heavy (non-hydrogen) atoms. The summed E-state index contributed by atoms with van der Waals surface area (Å²) >= 11 is 0. The summed E-state index contributed by atoms with van der Waals surface area (Å²) in [7, 11) is 1.82. The minimum atomic E-state index is -0.469. The van der Waals surface area contributed by atoms with Gasteiger partial charge in [-0.1, -0.05) is 26.2 Å². The van der Waals surface area contributed by atoms with Crippen LogP contribution >= 0.6 is 0 Å². The van der Waals surface area contributed by atoms with E-state index in [4.69, 9.17) is 10.00 Å². The lowest BCUT2D eigenvalue weighted by Gasteiger charge is -2.24. The zero-order valence-corrected chi connectivity index (χ0v) is 11.2. The number of nitrogens with one attached hydrogen (secondary N) is 1. The number of unbranched alkanes of at least 4 members (excludes halogenated alkanes) is 3. The number of rotatable bonds is 9. The van der Waals surface area contributed by atoms with Gasteiger partial charge in [0.1, 0.15) is 5.54 Å². The second-order valence-electron chi connectivity index (χ2n) is 4.64. The van der Waals surface area contributed by atoms with Crippen LogP contribution in [0.15, 0.2) is 0 Å². The summed E-state index contributed by atoms with van der Waals surface area (Å²) in [6, 6.07) is 2.28. The summed E-state index contributed by atoms with van der Waals surface area (Å²) in [5.74, 6) is 0. The average molecular weight is 226 g/mol. The third-order valence-corrected chi connectivity index (χ3v) is 2.89. The van der Waals surface area contributed by atoms with Crippen LogP contribution in [0.3, 0.4) is 0 Å². The lowest BCUT2D eigenvalue weighted by atomic mass is 9.97. The molecule has 0 saturated carbocycles. The van der Waals surface area contributed by atoms with Crippen LogP contribution in [0.1, 0.15) is 52.9 Å². The van der Waals surface area contributed by atoms with Gasteiger partial charge in [-0.15, -0.1) is 0 Å². The van der Waals surface area contributed by atoms with E-state index in [1.54, 1.807) is 0 Å². The maximum Gasteiger partial charge on any atom is 0.106 e. The average Bonchev–Trinajstić information content (AvgIpc) is 2.28. The highest BCUT2D eigenvalue weighted by molar-refractivity contribution is 5.03. The van der Waals surface area contributed by atoms with Crippen LogP contribution in [-0.2, 0) is 4.74 Å². The van der Waals surface area contributed by atoms with Crippen molar-refractivity contribution in [3.05, 3.63) is 0 Å². The van der Waals surface area contributed by atoms with E-state index in [1.165, 1.54) is 19.3 Å². The molecular weight excluding hydrogens is 200 g/mol. The molecule has 0 aromatic heterocycles. The van der Waals surface area contributed by atoms with E-state index in [2.05, 4.69) is 18.3 Å². The van der Waals surface area contributed by atoms with Gasteiger partial charge in [-0.05, 0) is 27.3 Å². The normalized spacial score (nSPS) is 16.4. The highest BCUT2D eigenvalue weighted by Crippen LogP contribution is 2.13. The van der Waals surface area contributed by atoms with Gasteiger partial charge in [0, 0.05) is 13.0 Å². The molecule has 0 saturated heterocycles. The predicted molar refractivity (Wildman–Crippen MR) is 67.3 cm³/mol. The van der Waals surface area contributed by atoms with Crippen LogP contribution < -0.4 is 5.32 Å². The third kappa shape index (κ3) is 6.81. The number of hydrogen-bond acceptors (Lipinski definition) is 3. The Hall–Kier alpha value is -0.590. The molecule has 3 heteroatoms. The van der Waals surface area contributed by atoms with Crippen LogP contribution in [0.5, 0.6) is 0 Å². The predicted octanol–water partition coefficient (Wildman–Crippen LogP) is 2.86. The van der Waals surface area contributed by atoms with E-state index in [1.807, 2.05) is 20.9 Å². The highest BCUT2D eigenvalue weighted by atomic mass is 16.5. The van der Waals surface area contributed by atoms with Crippen molar-refractivity contribution in [3.8, 4) is 6.07 Å². The van der Waals surface area contributed by atoms with E-state index in [9.17, 15) is 0 Å². The quantitative estimate of drug-likeness (QED) is 0.615. The molecule has 0 amide bonds. The van der Waals surface area contributed by atoms with Crippen LogP contribution in [0.25, 0.3) is 0 Å². The van der Waals surface area contributed by atoms with Crippen LogP contribution in [0.4, 0.5) is 0 Å². The largest absolute Gasteiger partial charge is 0.378 e. The Balaban J connectivity index is 3.66. The third-order valence-electron chi connectivity index (χ3n) is 2.89. The molecule has 0 fully saturated rings. The number of nitriles is 1. The molecule has 1 N–H and O–H groups in total. The Kier molecular flexibility index (Phi) is 8.23. The van der Waals surface area contributed by atoms with Crippen molar-refractivity contribution in [2.75, 3.05) is 13.7 Å². The van der Waals surface area contributed by atoms with Gasteiger partial charge in [0.2, 0.25) is 0 Å². The zero-order valence-electron chi connectivity index (χ0n) is 11.2. The fourth-order valence-corrected chi connectivity index (χ4v) is 1.65. The van der Waals surface area contributed by atoms with Crippen LogP contribution in [-0.4, -0.2) is 25.3 Å². The standard InChI is InChI=1S/C13H26N2O/c1-5-6-7-8-9-16-12(2)10-13(3,11-14)15-4/h12,15H,5-10H2,1-4H3. The van der Waals surface area contributed by atoms with E-state index < -0.39 is 5.54 Å². The molecule has 94 valence electrons. The van der Waals surface area contributed by atoms with E-state index >= 15 is 0 Å². The molecular formula is C13H26N2O. The van der Waals surface area contributed by atoms with E-state index in [0.29, 0.717) is 0 Å². The molecule has 0 radical (unpaired) electrons. The minimum Gasteiger partial charge on any atom is -0.378 e. The van der Waals surface area contributed by atoms with Crippen molar-refractivity contribution in [1.29, 1.82) is 5.26 Å².